The van der Waals surface area contributed by atoms with Gasteiger partial charge in [-0.15, -0.1) is 0 Å². The van der Waals surface area contributed by atoms with Crippen LogP contribution in [0.1, 0.15) is 37.7 Å². The number of aromatic nitrogens is 1. The van der Waals surface area contributed by atoms with Crippen molar-refractivity contribution in [2.24, 2.45) is 11.3 Å². The van der Waals surface area contributed by atoms with Crippen molar-refractivity contribution in [1.82, 2.24) is 14.8 Å². The first-order valence-corrected chi connectivity index (χ1v) is 11.0. The first-order valence-electron chi connectivity index (χ1n) is 11.0. The molecule has 1 saturated heterocycles. The number of nitrogens with zero attached hydrogens (tertiary/aromatic N) is 3. The van der Waals surface area contributed by atoms with Gasteiger partial charge in [0.15, 0.2) is 0 Å². The zero-order valence-corrected chi connectivity index (χ0v) is 18.0. The highest BCUT2D eigenvalue weighted by Crippen LogP contribution is 2.38. The highest BCUT2D eigenvalue weighted by Gasteiger charge is 2.45. The summed E-state index contributed by atoms with van der Waals surface area (Å²) >= 11 is 0. The Hall–Kier alpha value is -2.69. The fourth-order valence-corrected chi connectivity index (χ4v) is 4.89. The molecule has 0 bridgehead atoms. The Bertz CT molecular complexity index is 908. The summed E-state index contributed by atoms with van der Waals surface area (Å²) in [6.45, 7) is 1.30. The Morgan fingerprint density at radius 1 is 1.13 bits per heavy atom. The van der Waals surface area contributed by atoms with Gasteiger partial charge in [0.25, 0.3) is 0 Å². The summed E-state index contributed by atoms with van der Waals surface area (Å²) in [6, 6.07) is 12.4. The van der Waals surface area contributed by atoms with Gasteiger partial charge in [0.2, 0.25) is 11.8 Å². The number of piperidine rings is 1. The van der Waals surface area contributed by atoms with Crippen molar-refractivity contribution in [2.75, 3.05) is 27.2 Å². The van der Waals surface area contributed by atoms with Gasteiger partial charge in [-0.3, -0.25) is 14.6 Å². The van der Waals surface area contributed by atoms with Gasteiger partial charge in [-0.25, -0.2) is 0 Å². The van der Waals surface area contributed by atoms with Crippen LogP contribution in [0.5, 0.6) is 0 Å². The van der Waals surface area contributed by atoms with E-state index < -0.39 is 5.41 Å². The maximum absolute atomic E-state index is 13.4. The van der Waals surface area contributed by atoms with Crippen LogP contribution in [0.15, 0.2) is 48.8 Å². The monoisotopic (exact) mass is 405 g/mol. The number of hydrogen-bond acceptors (Lipinski definition) is 3. The van der Waals surface area contributed by atoms with E-state index in [2.05, 4.69) is 23.2 Å². The molecule has 0 radical (unpaired) electrons. The van der Waals surface area contributed by atoms with E-state index in [1.54, 1.807) is 11.1 Å². The summed E-state index contributed by atoms with van der Waals surface area (Å²) in [7, 11) is 3.64. The van der Waals surface area contributed by atoms with Gasteiger partial charge in [-0.05, 0) is 54.9 Å². The largest absolute Gasteiger partial charge is 0.348 e. The van der Waals surface area contributed by atoms with E-state index in [0.29, 0.717) is 13.0 Å². The number of likely N-dealkylation sites (tertiary alicyclic amines) is 1. The third-order valence-electron chi connectivity index (χ3n) is 6.67. The van der Waals surface area contributed by atoms with E-state index in [0.717, 1.165) is 55.3 Å². The smallest absolute Gasteiger partial charge is 0.230 e. The lowest BCUT2D eigenvalue weighted by Crippen LogP contribution is -2.55. The van der Waals surface area contributed by atoms with Crippen LogP contribution in [-0.4, -0.2) is 53.8 Å². The third-order valence-corrected chi connectivity index (χ3v) is 6.67. The summed E-state index contributed by atoms with van der Waals surface area (Å²) in [5.41, 5.74) is 2.74. The molecule has 0 spiro atoms. The minimum absolute atomic E-state index is 0.125. The van der Waals surface area contributed by atoms with E-state index in [1.165, 1.54) is 0 Å². The zero-order chi connectivity index (χ0) is 21.1. The van der Waals surface area contributed by atoms with Crippen LogP contribution in [0, 0.1) is 11.3 Å². The van der Waals surface area contributed by atoms with Gasteiger partial charge >= 0.3 is 0 Å². The number of hydrogen-bond donors (Lipinski definition) is 0. The van der Waals surface area contributed by atoms with E-state index in [4.69, 9.17) is 0 Å². The number of rotatable bonds is 5. The van der Waals surface area contributed by atoms with Crippen LogP contribution in [0.25, 0.3) is 11.1 Å². The van der Waals surface area contributed by atoms with Crippen LogP contribution in [-0.2, 0) is 16.0 Å². The second-order valence-electron chi connectivity index (χ2n) is 9.09. The van der Waals surface area contributed by atoms with Crippen molar-refractivity contribution in [1.29, 1.82) is 0 Å². The second kappa shape index (κ2) is 8.58. The molecule has 0 N–H and O–H groups in total. The summed E-state index contributed by atoms with van der Waals surface area (Å²) in [5.74, 6) is 0.547. The van der Waals surface area contributed by atoms with E-state index in [-0.39, 0.29) is 17.7 Å². The third kappa shape index (κ3) is 4.11. The molecule has 2 aromatic rings. The van der Waals surface area contributed by atoms with E-state index >= 15 is 0 Å². The molecule has 158 valence electrons. The lowest BCUT2D eigenvalue weighted by atomic mass is 9.73. The second-order valence-corrected chi connectivity index (χ2v) is 9.09. The summed E-state index contributed by atoms with van der Waals surface area (Å²) < 4.78 is 0. The summed E-state index contributed by atoms with van der Waals surface area (Å²) in [4.78, 5) is 34.2. The summed E-state index contributed by atoms with van der Waals surface area (Å²) in [6.07, 6.45) is 9.11. The van der Waals surface area contributed by atoms with Gasteiger partial charge in [0.1, 0.15) is 0 Å². The number of pyridine rings is 1. The molecule has 1 unspecified atom stereocenters. The van der Waals surface area contributed by atoms with Crippen LogP contribution < -0.4 is 0 Å². The van der Waals surface area contributed by atoms with Gasteiger partial charge < -0.3 is 9.80 Å². The van der Waals surface area contributed by atoms with Gasteiger partial charge in [0.05, 0.1) is 5.41 Å². The topological polar surface area (TPSA) is 53.5 Å². The molecule has 30 heavy (non-hydrogen) atoms. The molecular weight excluding hydrogens is 374 g/mol. The molecule has 5 nitrogen and oxygen atoms in total. The fraction of sp³-hybridized carbons (Fsp3) is 0.480. The van der Waals surface area contributed by atoms with Crippen molar-refractivity contribution in [3.05, 3.63) is 54.4 Å². The molecule has 1 atom stereocenters. The normalized spacial score (nSPS) is 21.7. The van der Waals surface area contributed by atoms with Crippen molar-refractivity contribution < 1.29 is 9.59 Å². The molecule has 1 aliphatic heterocycles. The van der Waals surface area contributed by atoms with E-state index in [1.807, 2.05) is 43.4 Å². The SMILES string of the molecule is CN(C)C(=O)C1(Cc2cccc(-c3cccnc3)c2)CCCN(C(=O)C2CCC2)C1. The average molecular weight is 406 g/mol. The minimum atomic E-state index is -0.561. The molecular formula is C25H31N3O2. The highest BCUT2D eigenvalue weighted by molar-refractivity contribution is 5.85. The van der Waals surface area contributed by atoms with Crippen LogP contribution in [0.4, 0.5) is 0 Å². The van der Waals surface area contributed by atoms with Crippen LogP contribution in [0.3, 0.4) is 0 Å². The average Bonchev–Trinajstić information content (AvgIpc) is 2.73. The standard InChI is InChI=1S/C25H31N3O2/c1-27(2)24(30)25(12-6-14-28(18-25)23(29)20-8-4-9-20)16-19-7-3-10-21(15-19)22-11-5-13-26-17-22/h3,5,7,10-11,13,15,17,20H,4,6,8-9,12,14,16,18H2,1-2H3. The lowest BCUT2D eigenvalue weighted by molar-refractivity contribution is -0.150. The zero-order valence-electron chi connectivity index (χ0n) is 18.0. The number of carbonyl (C=O) groups excluding carboxylic acids is 2. The first-order chi connectivity index (χ1) is 14.5. The molecule has 2 fully saturated rings. The van der Waals surface area contributed by atoms with E-state index in [9.17, 15) is 9.59 Å². The highest BCUT2D eigenvalue weighted by atomic mass is 16.2. The van der Waals surface area contributed by atoms with Crippen molar-refractivity contribution in [2.45, 2.75) is 38.5 Å². The fourth-order valence-electron chi connectivity index (χ4n) is 4.89. The Balaban J connectivity index is 1.61. The Kier molecular flexibility index (Phi) is 5.89. The molecule has 1 aromatic heterocycles. The Morgan fingerprint density at radius 2 is 1.93 bits per heavy atom. The molecule has 1 aromatic carbocycles. The Morgan fingerprint density at radius 3 is 2.60 bits per heavy atom. The van der Waals surface area contributed by atoms with Crippen molar-refractivity contribution in [3.63, 3.8) is 0 Å². The van der Waals surface area contributed by atoms with Crippen molar-refractivity contribution in [3.8, 4) is 11.1 Å². The molecule has 2 heterocycles. The van der Waals surface area contributed by atoms with Crippen LogP contribution in [0.2, 0.25) is 0 Å². The molecule has 1 aliphatic carbocycles. The first kappa shape index (κ1) is 20.6. The molecule has 4 rings (SSSR count). The predicted molar refractivity (Wildman–Crippen MR) is 118 cm³/mol. The van der Waals surface area contributed by atoms with Gasteiger partial charge in [0, 0.05) is 45.5 Å². The lowest BCUT2D eigenvalue weighted by Gasteiger charge is -2.44. The maximum Gasteiger partial charge on any atom is 0.230 e. The number of carbonyl (C=O) groups is 2. The van der Waals surface area contributed by atoms with Crippen LogP contribution >= 0.6 is 0 Å². The quantitative estimate of drug-likeness (QED) is 0.761. The molecule has 2 amide bonds. The van der Waals surface area contributed by atoms with Gasteiger partial charge in [-0.1, -0.05) is 36.8 Å². The van der Waals surface area contributed by atoms with Gasteiger partial charge in [-0.2, -0.15) is 0 Å². The molecule has 2 aliphatic rings. The summed E-state index contributed by atoms with van der Waals surface area (Å²) in [5, 5.41) is 0. The Labute approximate surface area is 179 Å². The number of amides is 2. The number of benzene rings is 1. The predicted octanol–water partition coefficient (Wildman–Crippen LogP) is 3.79. The van der Waals surface area contributed by atoms with Crippen molar-refractivity contribution >= 4 is 11.8 Å². The maximum atomic E-state index is 13.4. The minimum Gasteiger partial charge on any atom is -0.348 e. The molecule has 1 saturated carbocycles. The molecule has 5 heteroatoms.